The van der Waals surface area contributed by atoms with Crippen molar-refractivity contribution in [2.75, 3.05) is 18.9 Å². The molecule has 4 heteroatoms. The molecule has 1 aromatic carbocycles. The van der Waals surface area contributed by atoms with E-state index in [1.54, 1.807) is 0 Å². The third-order valence-corrected chi connectivity index (χ3v) is 4.42. The Morgan fingerprint density at radius 3 is 2.70 bits per heavy atom. The van der Waals surface area contributed by atoms with E-state index in [2.05, 4.69) is 5.32 Å². The second-order valence-electron chi connectivity index (χ2n) is 5.88. The van der Waals surface area contributed by atoms with Crippen molar-refractivity contribution in [3.8, 4) is 0 Å². The summed E-state index contributed by atoms with van der Waals surface area (Å²) in [6.07, 6.45) is 5.39. The first-order chi connectivity index (χ1) is 9.71. The lowest BCUT2D eigenvalue weighted by molar-refractivity contribution is -0.123. The van der Waals surface area contributed by atoms with E-state index >= 15 is 0 Å². The summed E-state index contributed by atoms with van der Waals surface area (Å²) in [7, 11) is 0. The number of amides is 1. The van der Waals surface area contributed by atoms with E-state index < -0.39 is 0 Å². The van der Waals surface area contributed by atoms with Crippen LogP contribution in [0, 0.1) is 0 Å². The summed E-state index contributed by atoms with van der Waals surface area (Å²) >= 11 is 0. The minimum absolute atomic E-state index is 0.153. The maximum Gasteiger partial charge on any atom is 0.230 e. The van der Waals surface area contributed by atoms with Gasteiger partial charge in [0.15, 0.2) is 0 Å². The number of anilines is 1. The number of carbonyl (C=O) groups is 1. The van der Waals surface area contributed by atoms with Crippen LogP contribution in [0.1, 0.15) is 37.7 Å². The van der Waals surface area contributed by atoms with Gasteiger partial charge in [0.2, 0.25) is 5.91 Å². The van der Waals surface area contributed by atoms with Gasteiger partial charge in [-0.1, -0.05) is 12.1 Å². The van der Waals surface area contributed by atoms with Gasteiger partial charge < -0.3 is 15.8 Å². The number of nitrogen functional groups attached to an aromatic ring is 1. The molecule has 1 saturated carbocycles. The van der Waals surface area contributed by atoms with Gasteiger partial charge >= 0.3 is 0 Å². The van der Waals surface area contributed by atoms with Crippen molar-refractivity contribution in [2.24, 2.45) is 0 Å². The van der Waals surface area contributed by atoms with Gasteiger partial charge in [-0.15, -0.1) is 0 Å². The molecular formula is C16H22N2O2. The van der Waals surface area contributed by atoms with E-state index in [1.807, 2.05) is 24.3 Å². The molecule has 4 nitrogen and oxygen atoms in total. The topological polar surface area (TPSA) is 64.4 Å². The van der Waals surface area contributed by atoms with Crippen LogP contribution in [0.3, 0.4) is 0 Å². The second kappa shape index (κ2) is 5.44. The minimum Gasteiger partial charge on any atom is -0.399 e. The number of rotatable bonds is 5. The zero-order chi connectivity index (χ0) is 14.0. The quantitative estimate of drug-likeness (QED) is 0.807. The first-order valence-electron chi connectivity index (χ1n) is 7.47. The summed E-state index contributed by atoms with van der Waals surface area (Å²) in [4.78, 5) is 12.4. The fourth-order valence-electron chi connectivity index (χ4n) is 2.96. The van der Waals surface area contributed by atoms with Crippen molar-refractivity contribution in [3.63, 3.8) is 0 Å². The number of ether oxygens (including phenoxy) is 1. The van der Waals surface area contributed by atoms with Crippen LogP contribution in [0.2, 0.25) is 0 Å². The van der Waals surface area contributed by atoms with E-state index in [0.717, 1.165) is 50.0 Å². The third-order valence-electron chi connectivity index (χ3n) is 4.42. The molecular weight excluding hydrogens is 252 g/mol. The Kier molecular flexibility index (Phi) is 3.66. The standard InChI is InChI=1S/C16H22N2O2/c17-13-5-3-12(4-6-13)16(8-9-16)15(19)18-10-7-14-2-1-11-20-14/h3-6,14H,1-2,7-11,17H2,(H,18,19). The van der Waals surface area contributed by atoms with Gasteiger partial charge in [0.1, 0.15) is 0 Å². The van der Waals surface area contributed by atoms with Crippen molar-refractivity contribution < 1.29 is 9.53 Å². The predicted molar refractivity (Wildman–Crippen MR) is 78.4 cm³/mol. The molecule has 2 aliphatic rings. The van der Waals surface area contributed by atoms with Crippen molar-refractivity contribution in [3.05, 3.63) is 29.8 Å². The highest BCUT2D eigenvalue weighted by Gasteiger charge is 2.50. The molecule has 3 rings (SSSR count). The molecule has 1 saturated heterocycles. The Hall–Kier alpha value is -1.55. The monoisotopic (exact) mass is 274 g/mol. The van der Waals surface area contributed by atoms with Crippen LogP contribution >= 0.6 is 0 Å². The van der Waals surface area contributed by atoms with Crippen LogP contribution < -0.4 is 11.1 Å². The molecule has 1 amide bonds. The van der Waals surface area contributed by atoms with Gasteiger partial charge in [-0.3, -0.25) is 4.79 Å². The van der Waals surface area contributed by atoms with Crippen molar-refractivity contribution in [1.82, 2.24) is 5.32 Å². The number of nitrogens with one attached hydrogen (secondary N) is 1. The highest BCUT2D eigenvalue weighted by Crippen LogP contribution is 2.48. The molecule has 1 aromatic rings. The van der Waals surface area contributed by atoms with Crippen molar-refractivity contribution in [1.29, 1.82) is 0 Å². The zero-order valence-corrected chi connectivity index (χ0v) is 11.7. The summed E-state index contributed by atoms with van der Waals surface area (Å²) in [5.74, 6) is 0.153. The van der Waals surface area contributed by atoms with Crippen LogP contribution in [0.5, 0.6) is 0 Å². The Morgan fingerprint density at radius 1 is 1.35 bits per heavy atom. The van der Waals surface area contributed by atoms with Crippen LogP contribution in [0.25, 0.3) is 0 Å². The second-order valence-corrected chi connectivity index (χ2v) is 5.88. The first-order valence-corrected chi connectivity index (χ1v) is 7.47. The van der Waals surface area contributed by atoms with E-state index in [0.29, 0.717) is 12.6 Å². The smallest absolute Gasteiger partial charge is 0.230 e. The van der Waals surface area contributed by atoms with E-state index in [9.17, 15) is 4.79 Å². The summed E-state index contributed by atoms with van der Waals surface area (Å²) < 4.78 is 5.57. The number of benzene rings is 1. The molecule has 0 spiro atoms. The molecule has 3 N–H and O–H groups in total. The van der Waals surface area contributed by atoms with Crippen LogP contribution in [-0.4, -0.2) is 25.2 Å². The van der Waals surface area contributed by atoms with E-state index in [4.69, 9.17) is 10.5 Å². The van der Waals surface area contributed by atoms with Crippen molar-refractivity contribution in [2.45, 2.75) is 43.6 Å². The largest absolute Gasteiger partial charge is 0.399 e. The average molecular weight is 274 g/mol. The molecule has 0 aromatic heterocycles. The molecule has 1 aliphatic carbocycles. The number of hydrogen-bond acceptors (Lipinski definition) is 3. The molecule has 0 radical (unpaired) electrons. The molecule has 1 atom stereocenters. The summed E-state index contributed by atoms with van der Waals surface area (Å²) in [6, 6.07) is 7.69. The lowest BCUT2D eigenvalue weighted by Crippen LogP contribution is -2.36. The summed E-state index contributed by atoms with van der Waals surface area (Å²) in [6.45, 7) is 1.58. The molecule has 1 heterocycles. The predicted octanol–water partition coefficient (Wildman–Crippen LogP) is 1.99. The zero-order valence-electron chi connectivity index (χ0n) is 11.7. The molecule has 1 aliphatic heterocycles. The Bertz CT molecular complexity index is 474. The first kappa shape index (κ1) is 13.4. The Balaban J connectivity index is 1.54. The van der Waals surface area contributed by atoms with Crippen LogP contribution in [-0.2, 0) is 14.9 Å². The van der Waals surface area contributed by atoms with Gasteiger partial charge in [-0.05, 0) is 49.8 Å². The number of hydrogen-bond donors (Lipinski definition) is 2. The summed E-state index contributed by atoms with van der Waals surface area (Å²) in [5, 5.41) is 3.08. The lowest BCUT2D eigenvalue weighted by Gasteiger charge is -2.17. The van der Waals surface area contributed by atoms with Crippen LogP contribution in [0.4, 0.5) is 5.69 Å². The lowest BCUT2D eigenvalue weighted by atomic mass is 9.94. The Labute approximate surface area is 119 Å². The normalized spacial score (nSPS) is 23.5. The highest BCUT2D eigenvalue weighted by atomic mass is 16.5. The van der Waals surface area contributed by atoms with Gasteiger partial charge in [0.05, 0.1) is 11.5 Å². The van der Waals surface area contributed by atoms with E-state index in [-0.39, 0.29) is 11.3 Å². The number of carbonyl (C=O) groups excluding carboxylic acids is 1. The molecule has 2 fully saturated rings. The van der Waals surface area contributed by atoms with Gasteiger partial charge in [-0.25, -0.2) is 0 Å². The highest BCUT2D eigenvalue weighted by molar-refractivity contribution is 5.91. The van der Waals surface area contributed by atoms with Crippen molar-refractivity contribution >= 4 is 11.6 Å². The molecule has 1 unspecified atom stereocenters. The Morgan fingerprint density at radius 2 is 2.10 bits per heavy atom. The fraction of sp³-hybridized carbons (Fsp3) is 0.562. The van der Waals surface area contributed by atoms with E-state index in [1.165, 1.54) is 0 Å². The fourth-order valence-corrected chi connectivity index (χ4v) is 2.96. The maximum atomic E-state index is 12.4. The molecule has 0 bridgehead atoms. The molecule has 20 heavy (non-hydrogen) atoms. The van der Waals surface area contributed by atoms with Gasteiger partial charge in [0, 0.05) is 18.8 Å². The van der Waals surface area contributed by atoms with Gasteiger partial charge in [0.25, 0.3) is 0 Å². The SMILES string of the molecule is Nc1ccc(C2(C(=O)NCCC3CCCO3)CC2)cc1. The maximum absolute atomic E-state index is 12.4. The minimum atomic E-state index is -0.301. The average Bonchev–Trinajstić information content (AvgIpc) is 3.10. The van der Waals surface area contributed by atoms with Crippen LogP contribution in [0.15, 0.2) is 24.3 Å². The third kappa shape index (κ3) is 2.66. The van der Waals surface area contributed by atoms with Gasteiger partial charge in [-0.2, -0.15) is 0 Å². The summed E-state index contributed by atoms with van der Waals surface area (Å²) in [5.41, 5.74) is 7.22. The number of nitrogens with two attached hydrogens (primary N) is 1. The molecule has 108 valence electrons.